The Morgan fingerprint density at radius 3 is 2.78 bits per heavy atom. The van der Waals surface area contributed by atoms with Crippen molar-refractivity contribution in [2.24, 2.45) is 0 Å². The number of hydrogen-bond acceptors (Lipinski definition) is 4. The van der Waals surface area contributed by atoms with Crippen molar-refractivity contribution in [2.75, 3.05) is 26.2 Å². The highest BCUT2D eigenvalue weighted by atomic mass is 32.2. The van der Waals surface area contributed by atoms with E-state index in [0.717, 1.165) is 19.6 Å². The van der Waals surface area contributed by atoms with Crippen LogP contribution >= 0.6 is 0 Å². The van der Waals surface area contributed by atoms with Gasteiger partial charge in [-0.15, -0.1) is 0 Å². The molecule has 1 saturated heterocycles. The van der Waals surface area contributed by atoms with Crippen molar-refractivity contribution in [2.45, 2.75) is 31.2 Å². The van der Waals surface area contributed by atoms with Crippen LogP contribution in [0.5, 0.6) is 0 Å². The molecule has 1 aromatic heterocycles. The average molecular weight is 272 g/mol. The maximum atomic E-state index is 11.9. The standard InChI is InChI=1S/C11H20N4O2S/c1-2-10-12-9-11(14-10)18(16,17)13-5-8-15-6-3-4-7-15/h9,13H,2-8H2,1H3,(H,12,14). The van der Waals surface area contributed by atoms with Crippen LogP contribution in [0.15, 0.2) is 11.2 Å². The number of hydrogen-bond donors (Lipinski definition) is 2. The van der Waals surface area contributed by atoms with E-state index in [-0.39, 0.29) is 5.03 Å². The molecule has 0 saturated carbocycles. The zero-order valence-electron chi connectivity index (χ0n) is 10.6. The molecular weight excluding hydrogens is 252 g/mol. The number of nitrogens with one attached hydrogen (secondary N) is 2. The van der Waals surface area contributed by atoms with E-state index >= 15 is 0 Å². The Morgan fingerprint density at radius 2 is 2.17 bits per heavy atom. The van der Waals surface area contributed by atoms with E-state index in [1.54, 1.807) is 0 Å². The molecule has 0 atom stereocenters. The fourth-order valence-electron chi connectivity index (χ4n) is 2.08. The molecule has 0 unspecified atom stereocenters. The minimum absolute atomic E-state index is 0.153. The molecule has 1 aromatic rings. The zero-order chi connectivity index (χ0) is 13.0. The van der Waals surface area contributed by atoms with Crippen molar-refractivity contribution in [3.63, 3.8) is 0 Å². The van der Waals surface area contributed by atoms with Gasteiger partial charge < -0.3 is 9.88 Å². The highest BCUT2D eigenvalue weighted by Gasteiger charge is 2.17. The first kappa shape index (κ1) is 13.5. The molecule has 0 bridgehead atoms. The number of nitrogens with zero attached hydrogens (tertiary/aromatic N) is 2. The number of aromatic nitrogens is 2. The van der Waals surface area contributed by atoms with Crippen molar-refractivity contribution < 1.29 is 8.42 Å². The van der Waals surface area contributed by atoms with Crippen LogP contribution in [0.2, 0.25) is 0 Å². The van der Waals surface area contributed by atoms with Gasteiger partial charge >= 0.3 is 0 Å². The normalized spacial score (nSPS) is 17.4. The van der Waals surface area contributed by atoms with E-state index in [4.69, 9.17) is 0 Å². The Kier molecular flexibility index (Phi) is 4.36. The first-order valence-corrected chi connectivity index (χ1v) is 7.86. The van der Waals surface area contributed by atoms with Gasteiger partial charge in [0.25, 0.3) is 10.0 Å². The van der Waals surface area contributed by atoms with E-state index in [2.05, 4.69) is 19.6 Å². The summed E-state index contributed by atoms with van der Waals surface area (Å²) < 4.78 is 26.5. The summed E-state index contributed by atoms with van der Waals surface area (Å²) in [5.74, 6) is 0.690. The molecule has 2 rings (SSSR count). The highest BCUT2D eigenvalue weighted by Crippen LogP contribution is 2.07. The van der Waals surface area contributed by atoms with Crippen LogP contribution in [0.3, 0.4) is 0 Å². The van der Waals surface area contributed by atoms with Gasteiger partial charge in [0, 0.05) is 19.5 Å². The van der Waals surface area contributed by atoms with Crippen LogP contribution in [-0.4, -0.2) is 49.5 Å². The van der Waals surface area contributed by atoms with Gasteiger partial charge in [-0.05, 0) is 25.9 Å². The lowest BCUT2D eigenvalue weighted by atomic mass is 10.4. The fraction of sp³-hybridized carbons (Fsp3) is 0.727. The summed E-state index contributed by atoms with van der Waals surface area (Å²) in [6, 6.07) is 0. The minimum atomic E-state index is -3.44. The second-order valence-corrected chi connectivity index (χ2v) is 6.23. The topological polar surface area (TPSA) is 78.1 Å². The number of H-pyrrole nitrogens is 1. The van der Waals surface area contributed by atoms with Gasteiger partial charge in [0.05, 0.1) is 6.20 Å². The predicted molar refractivity (Wildman–Crippen MR) is 68.8 cm³/mol. The van der Waals surface area contributed by atoms with Gasteiger partial charge in [-0.3, -0.25) is 0 Å². The number of aromatic amines is 1. The predicted octanol–water partition coefficient (Wildman–Crippen LogP) is 0.346. The lowest BCUT2D eigenvalue weighted by Crippen LogP contribution is -2.33. The van der Waals surface area contributed by atoms with E-state index in [0.29, 0.717) is 18.8 Å². The lowest BCUT2D eigenvalue weighted by molar-refractivity contribution is 0.344. The molecule has 0 radical (unpaired) electrons. The number of imidazole rings is 1. The second kappa shape index (κ2) is 5.81. The van der Waals surface area contributed by atoms with E-state index in [1.165, 1.54) is 19.0 Å². The van der Waals surface area contributed by atoms with Crippen molar-refractivity contribution in [1.29, 1.82) is 0 Å². The van der Waals surface area contributed by atoms with Crippen molar-refractivity contribution in [1.82, 2.24) is 19.6 Å². The smallest absolute Gasteiger partial charge is 0.257 e. The van der Waals surface area contributed by atoms with Crippen molar-refractivity contribution >= 4 is 10.0 Å². The maximum absolute atomic E-state index is 11.9. The molecule has 2 heterocycles. The molecule has 0 amide bonds. The average Bonchev–Trinajstić information content (AvgIpc) is 2.99. The van der Waals surface area contributed by atoms with Gasteiger partial charge in [0.15, 0.2) is 5.03 Å². The fourth-order valence-corrected chi connectivity index (χ4v) is 3.04. The first-order chi connectivity index (χ1) is 8.62. The van der Waals surface area contributed by atoms with Crippen LogP contribution in [-0.2, 0) is 16.4 Å². The molecule has 7 heteroatoms. The number of likely N-dealkylation sites (tertiary alicyclic amines) is 1. The maximum Gasteiger partial charge on any atom is 0.257 e. The molecule has 0 aromatic carbocycles. The van der Waals surface area contributed by atoms with E-state index < -0.39 is 10.0 Å². The van der Waals surface area contributed by atoms with Gasteiger partial charge in [0.2, 0.25) is 0 Å². The minimum Gasteiger partial charge on any atom is -0.332 e. The Morgan fingerprint density at radius 1 is 1.44 bits per heavy atom. The monoisotopic (exact) mass is 272 g/mol. The molecule has 0 aliphatic carbocycles. The third-order valence-corrected chi connectivity index (χ3v) is 4.52. The SMILES string of the molecule is CCc1ncc(S(=O)(=O)NCCN2CCCC2)[nH]1. The molecule has 18 heavy (non-hydrogen) atoms. The highest BCUT2D eigenvalue weighted by molar-refractivity contribution is 7.89. The molecule has 6 nitrogen and oxygen atoms in total. The largest absolute Gasteiger partial charge is 0.332 e. The molecule has 1 fully saturated rings. The summed E-state index contributed by atoms with van der Waals surface area (Å²) in [7, 11) is -3.44. The summed E-state index contributed by atoms with van der Waals surface area (Å²) in [4.78, 5) is 9.08. The quantitative estimate of drug-likeness (QED) is 0.783. The number of sulfonamides is 1. The van der Waals surface area contributed by atoms with Crippen LogP contribution in [0.25, 0.3) is 0 Å². The summed E-state index contributed by atoms with van der Waals surface area (Å²) >= 11 is 0. The van der Waals surface area contributed by atoms with Gasteiger partial charge in [0.1, 0.15) is 5.82 Å². The van der Waals surface area contributed by atoms with Crippen molar-refractivity contribution in [3.05, 3.63) is 12.0 Å². The Hall–Kier alpha value is -0.920. The molecule has 2 N–H and O–H groups in total. The summed E-state index contributed by atoms with van der Waals surface area (Å²) in [6.45, 7) is 5.30. The van der Waals surface area contributed by atoms with Gasteiger partial charge in [-0.25, -0.2) is 18.1 Å². The molecule has 0 spiro atoms. The van der Waals surface area contributed by atoms with Crippen LogP contribution in [0, 0.1) is 0 Å². The molecule has 1 aliphatic rings. The Bertz CT molecular complexity index is 477. The number of aryl methyl sites for hydroxylation is 1. The summed E-state index contributed by atoms with van der Waals surface area (Å²) in [6.07, 6.45) is 4.50. The molecule has 1 aliphatic heterocycles. The first-order valence-electron chi connectivity index (χ1n) is 6.37. The summed E-state index contributed by atoms with van der Waals surface area (Å²) in [5.41, 5.74) is 0. The van der Waals surface area contributed by atoms with Gasteiger partial charge in [-0.1, -0.05) is 6.92 Å². The van der Waals surface area contributed by atoms with Crippen molar-refractivity contribution in [3.8, 4) is 0 Å². The van der Waals surface area contributed by atoms with Crippen LogP contribution in [0.4, 0.5) is 0 Å². The number of rotatable bonds is 6. The second-order valence-electron chi connectivity index (χ2n) is 4.49. The van der Waals surface area contributed by atoms with Crippen LogP contribution < -0.4 is 4.72 Å². The summed E-state index contributed by atoms with van der Waals surface area (Å²) in [5, 5.41) is 0.153. The molecule has 102 valence electrons. The van der Waals surface area contributed by atoms with E-state index in [1.807, 2.05) is 6.92 Å². The molecular formula is C11H20N4O2S. The Labute approximate surface area is 108 Å². The Balaban J connectivity index is 1.86. The lowest BCUT2D eigenvalue weighted by Gasteiger charge is -2.14. The van der Waals surface area contributed by atoms with Crippen LogP contribution in [0.1, 0.15) is 25.6 Å². The van der Waals surface area contributed by atoms with E-state index in [9.17, 15) is 8.42 Å². The zero-order valence-corrected chi connectivity index (χ0v) is 11.5. The third-order valence-electron chi connectivity index (χ3n) is 3.15. The van der Waals surface area contributed by atoms with Gasteiger partial charge in [-0.2, -0.15) is 0 Å². The third kappa shape index (κ3) is 3.30.